The van der Waals surface area contributed by atoms with Gasteiger partial charge in [0.15, 0.2) is 0 Å². The third-order valence-electron chi connectivity index (χ3n) is 5.76. The number of amides is 1. The van der Waals surface area contributed by atoms with Gasteiger partial charge in [0.1, 0.15) is 23.0 Å². The zero-order valence-corrected chi connectivity index (χ0v) is 19.0. The standard InChI is InChI=1S/C26H20F3NO6/c1-35-18-10-11-20(36-2)19(13-18)23(32)21-22(14-4-3-5-17(31)12-14)30(25(34)24(21)33)16-8-6-15(7-9-16)26(27,28)29/h3-13,22,31-32H,1-2H3/b23-21+. The van der Waals surface area contributed by atoms with E-state index in [-0.39, 0.29) is 33.9 Å². The van der Waals surface area contributed by atoms with E-state index in [0.29, 0.717) is 5.75 Å². The Morgan fingerprint density at radius 3 is 2.22 bits per heavy atom. The molecule has 1 heterocycles. The van der Waals surface area contributed by atoms with Gasteiger partial charge in [0.05, 0.1) is 37.0 Å². The van der Waals surface area contributed by atoms with Gasteiger partial charge in [-0.25, -0.2) is 0 Å². The highest BCUT2D eigenvalue weighted by Crippen LogP contribution is 2.44. The molecule has 0 spiro atoms. The summed E-state index contributed by atoms with van der Waals surface area (Å²) in [4.78, 5) is 27.4. The molecular formula is C26H20F3NO6. The van der Waals surface area contributed by atoms with E-state index in [0.717, 1.165) is 29.2 Å². The first-order valence-corrected chi connectivity index (χ1v) is 10.6. The molecule has 1 aliphatic rings. The molecule has 36 heavy (non-hydrogen) atoms. The number of methoxy groups -OCH3 is 2. The summed E-state index contributed by atoms with van der Waals surface area (Å²) >= 11 is 0. The van der Waals surface area contributed by atoms with E-state index in [1.165, 1.54) is 50.6 Å². The number of hydrogen-bond donors (Lipinski definition) is 2. The van der Waals surface area contributed by atoms with Gasteiger partial charge in [0.25, 0.3) is 11.7 Å². The highest BCUT2D eigenvalue weighted by atomic mass is 19.4. The SMILES string of the molecule is COc1ccc(OC)c(/C(O)=C2\C(=O)C(=O)N(c3ccc(C(F)(F)F)cc3)C2c2cccc(O)c2)c1. The van der Waals surface area contributed by atoms with Crippen LogP contribution in [0.15, 0.2) is 72.3 Å². The van der Waals surface area contributed by atoms with Crippen LogP contribution in [0.1, 0.15) is 22.7 Å². The molecule has 7 nitrogen and oxygen atoms in total. The van der Waals surface area contributed by atoms with Crippen molar-refractivity contribution in [3.63, 3.8) is 0 Å². The summed E-state index contributed by atoms with van der Waals surface area (Å²) in [5.41, 5.74) is -0.963. The number of halogens is 3. The molecule has 186 valence electrons. The number of carbonyl (C=O) groups is 2. The number of Topliss-reactive ketones (excluding diaryl/α,β-unsaturated/α-hetero) is 1. The number of alkyl halides is 3. The van der Waals surface area contributed by atoms with E-state index < -0.39 is 35.2 Å². The van der Waals surface area contributed by atoms with Crippen molar-refractivity contribution in [2.45, 2.75) is 12.2 Å². The van der Waals surface area contributed by atoms with Gasteiger partial charge in [-0.2, -0.15) is 13.2 Å². The maximum absolute atomic E-state index is 13.2. The first-order valence-electron chi connectivity index (χ1n) is 10.6. The van der Waals surface area contributed by atoms with Crippen LogP contribution >= 0.6 is 0 Å². The van der Waals surface area contributed by atoms with Crippen molar-refractivity contribution >= 4 is 23.1 Å². The van der Waals surface area contributed by atoms with Crippen LogP contribution in [-0.4, -0.2) is 36.1 Å². The normalized spacial score (nSPS) is 17.4. The molecule has 1 aliphatic heterocycles. The highest BCUT2D eigenvalue weighted by molar-refractivity contribution is 6.51. The largest absolute Gasteiger partial charge is 0.508 e. The number of ketones is 1. The van der Waals surface area contributed by atoms with Crippen molar-refractivity contribution in [3.05, 3.63) is 89.0 Å². The minimum Gasteiger partial charge on any atom is -0.508 e. The molecule has 4 rings (SSSR count). The number of rotatable bonds is 5. The van der Waals surface area contributed by atoms with E-state index in [4.69, 9.17) is 9.47 Å². The smallest absolute Gasteiger partial charge is 0.416 e. The van der Waals surface area contributed by atoms with Crippen molar-refractivity contribution in [3.8, 4) is 17.2 Å². The number of aromatic hydroxyl groups is 1. The molecule has 1 saturated heterocycles. The van der Waals surface area contributed by atoms with Crippen molar-refractivity contribution in [2.75, 3.05) is 19.1 Å². The second-order valence-corrected chi connectivity index (χ2v) is 7.87. The third-order valence-corrected chi connectivity index (χ3v) is 5.76. The van der Waals surface area contributed by atoms with Gasteiger partial charge in [-0.3, -0.25) is 14.5 Å². The summed E-state index contributed by atoms with van der Waals surface area (Å²) in [5.74, 6) is -2.36. The lowest BCUT2D eigenvalue weighted by atomic mass is 9.94. The maximum atomic E-state index is 13.2. The molecule has 2 N–H and O–H groups in total. The fraction of sp³-hybridized carbons (Fsp3) is 0.154. The lowest BCUT2D eigenvalue weighted by molar-refractivity contribution is -0.137. The molecule has 0 bridgehead atoms. The van der Waals surface area contributed by atoms with Crippen molar-refractivity contribution in [1.29, 1.82) is 0 Å². The number of aliphatic hydroxyl groups is 1. The second-order valence-electron chi connectivity index (χ2n) is 7.87. The molecule has 1 amide bonds. The summed E-state index contributed by atoms with van der Waals surface area (Å²) < 4.78 is 49.7. The first kappa shape index (κ1) is 24.6. The van der Waals surface area contributed by atoms with E-state index in [1.54, 1.807) is 6.07 Å². The first-order chi connectivity index (χ1) is 17.1. The Morgan fingerprint density at radius 1 is 0.944 bits per heavy atom. The van der Waals surface area contributed by atoms with Gasteiger partial charge in [-0.15, -0.1) is 0 Å². The number of nitrogens with zero attached hydrogens (tertiary/aromatic N) is 1. The zero-order chi connectivity index (χ0) is 26.2. The summed E-state index contributed by atoms with van der Waals surface area (Å²) in [5, 5.41) is 21.3. The van der Waals surface area contributed by atoms with Gasteiger partial charge in [0.2, 0.25) is 0 Å². The van der Waals surface area contributed by atoms with E-state index in [1.807, 2.05) is 0 Å². The summed E-state index contributed by atoms with van der Waals surface area (Å²) in [7, 11) is 2.76. The van der Waals surface area contributed by atoms with Crippen molar-refractivity contribution in [1.82, 2.24) is 0 Å². The molecule has 1 unspecified atom stereocenters. The minimum atomic E-state index is -4.60. The lowest BCUT2D eigenvalue weighted by Gasteiger charge is -2.26. The minimum absolute atomic E-state index is 0.00454. The quantitative estimate of drug-likeness (QED) is 0.290. The summed E-state index contributed by atoms with van der Waals surface area (Å²) in [6.07, 6.45) is -4.60. The molecule has 3 aromatic rings. The second kappa shape index (κ2) is 9.29. The lowest BCUT2D eigenvalue weighted by Crippen LogP contribution is -2.29. The molecule has 0 radical (unpaired) electrons. The average molecular weight is 499 g/mol. The predicted molar refractivity (Wildman–Crippen MR) is 124 cm³/mol. The average Bonchev–Trinajstić information content (AvgIpc) is 3.13. The maximum Gasteiger partial charge on any atom is 0.416 e. The molecule has 0 aromatic heterocycles. The van der Waals surface area contributed by atoms with Crippen molar-refractivity contribution < 1.29 is 42.4 Å². The van der Waals surface area contributed by atoms with Crippen LogP contribution in [0.25, 0.3) is 5.76 Å². The Labute approximate surface area is 203 Å². The number of carbonyl (C=O) groups excluding carboxylic acids is 2. The number of benzene rings is 3. The molecular weight excluding hydrogens is 479 g/mol. The zero-order valence-electron chi connectivity index (χ0n) is 19.0. The van der Waals surface area contributed by atoms with Crippen LogP contribution in [0.4, 0.5) is 18.9 Å². The topological polar surface area (TPSA) is 96.3 Å². The van der Waals surface area contributed by atoms with Crippen LogP contribution in [0.2, 0.25) is 0 Å². The number of phenols is 1. The predicted octanol–water partition coefficient (Wildman–Crippen LogP) is 5.05. The number of aliphatic hydroxyl groups excluding tert-OH is 1. The van der Waals surface area contributed by atoms with Crippen LogP contribution < -0.4 is 14.4 Å². The van der Waals surface area contributed by atoms with Crippen LogP contribution in [0.3, 0.4) is 0 Å². The third kappa shape index (κ3) is 4.33. The van der Waals surface area contributed by atoms with E-state index >= 15 is 0 Å². The Hall–Kier alpha value is -4.47. The molecule has 1 atom stereocenters. The fourth-order valence-corrected chi connectivity index (χ4v) is 4.06. The summed E-state index contributed by atoms with van der Waals surface area (Å²) in [6, 6.07) is 12.6. The summed E-state index contributed by atoms with van der Waals surface area (Å²) in [6.45, 7) is 0. The Morgan fingerprint density at radius 2 is 1.64 bits per heavy atom. The van der Waals surface area contributed by atoms with Crippen LogP contribution in [-0.2, 0) is 15.8 Å². The number of phenolic OH excluding ortho intramolecular Hbond substituents is 1. The molecule has 1 fully saturated rings. The Balaban J connectivity index is 1.95. The highest BCUT2D eigenvalue weighted by Gasteiger charge is 2.47. The van der Waals surface area contributed by atoms with Crippen LogP contribution in [0, 0.1) is 0 Å². The Bertz CT molecular complexity index is 1360. The van der Waals surface area contributed by atoms with Gasteiger partial charge in [-0.05, 0) is 60.2 Å². The molecule has 0 aliphatic carbocycles. The van der Waals surface area contributed by atoms with Crippen molar-refractivity contribution in [2.24, 2.45) is 0 Å². The number of hydrogen-bond acceptors (Lipinski definition) is 6. The molecule has 3 aromatic carbocycles. The molecule has 10 heteroatoms. The van der Waals surface area contributed by atoms with E-state index in [9.17, 15) is 33.0 Å². The van der Waals surface area contributed by atoms with Crippen LogP contribution in [0.5, 0.6) is 17.2 Å². The van der Waals surface area contributed by atoms with Gasteiger partial charge in [0, 0.05) is 5.69 Å². The number of ether oxygens (including phenoxy) is 2. The van der Waals surface area contributed by atoms with Gasteiger partial charge in [-0.1, -0.05) is 12.1 Å². The Kier molecular flexibility index (Phi) is 6.36. The molecule has 0 saturated carbocycles. The fourth-order valence-electron chi connectivity index (χ4n) is 4.06. The monoisotopic (exact) mass is 499 g/mol. The van der Waals surface area contributed by atoms with Gasteiger partial charge < -0.3 is 19.7 Å². The van der Waals surface area contributed by atoms with Gasteiger partial charge >= 0.3 is 6.18 Å². The number of anilines is 1. The van der Waals surface area contributed by atoms with E-state index in [2.05, 4.69) is 0 Å².